The van der Waals surface area contributed by atoms with E-state index in [0.717, 1.165) is 17.1 Å². The van der Waals surface area contributed by atoms with Gasteiger partial charge in [-0.15, -0.1) is 0 Å². The Kier molecular flexibility index (Phi) is 3.29. The van der Waals surface area contributed by atoms with Gasteiger partial charge in [0.2, 0.25) is 0 Å². The smallest absolute Gasteiger partial charge is 0.126 e. The highest BCUT2D eigenvalue weighted by Crippen LogP contribution is 2.25. The highest BCUT2D eigenvalue weighted by molar-refractivity contribution is 7.79. The molecule has 0 unspecified atom stereocenters. The third-order valence-corrected chi connectivity index (χ3v) is 2.01. The molecule has 1 aromatic rings. The maximum atomic E-state index is 5.15. The zero-order valence-corrected chi connectivity index (χ0v) is 8.10. The number of thiol groups is 1. The lowest BCUT2D eigenvalue weighted by Crippen LogP contribution is -1.91. The van der Waals surface area contributed by atoms with Crippen molar-refractivity contribution in [2.75, 3.05) is 14.2 Å². The molecule has 0 aliphatic heterocycles. The van der Waals surface area contributed by atoms with Crippen LogP contribution in [-0.2, 0) is 5.75 Å². The molecule has 12 heavy (non-hydrogen) atoms. The maximum Gasteiger partial charge on any atom is 0.126 e. The van der Waals surface area contributed by atoms with Gasteiger partial charge in [-0.1, -0.05) is 6.07 Å². The quantitative estimate of drug-likeness (QED) is 0.725. The van der Waals surface area contributed by atoms with E-state index in [-0.39, 0.29) is 0 Å². The van der Waals surface area contributed by atoms with Crippen LogP contribution in [0.25, 0.3) is 0 Å². The fourth-order valence-electron chi connectivity index (χ4n) is 0.982. The van der Waals surface area contributed by atoms with Gasteiger partial charge in [-0.25, -0.2) is 0 Å². The second kappa shape index (κ2) is 4.26. The van der Waals surface area contributed by atoms with Crippen LogP contribution < -0.4 is 9.47 Å². The predicted molar refractivity (Wildman–Crippen MR) is 52.2 cm³/mol. The number of hydrogen-bond acceptors (Lipinski definition) is 3. The third-order valence-electron chi connectivity index (χ3n) is 1.66. The first kappa shape index (κ1) is 9.26. The Balaban J connectivity index is 3.02. The minimum atomic E-state index is 0.674. The summed E-state index contributed by atoms with van der Waals surface area (Å²) in [5.74, 6) is 2.30. The van der Waals surface area contributed by atoms with Crippen molar-refractivity contribution in [2.24, 2.45) is 0 Å². The van der Waals surface area contributed by atoms with E-state index >= 15 is 0 Å². The van der Waals surface area contributed by atoms with Crippen molar-refractivity contribution in [1.82, 2.24) is 0 Å². The Bertz CT molecular complexity index is 261. The molecule has 0 radical (unpaired) electrons. The van der Waals surface area contributed by atoms with E-state index in [1.54, 1.807) is 14.2 Å². The van der Waals surface area contributed by atoms with Crippen LogP contribution in [0.15, 0.2) is 18.2 Å². The summed E-state index contributed by atoms with van der Waals surface area (Å²) in [5, 5.41) is 0. The van der Waals surface area contributed by atoms with Gasteiger partial charge in [0.15, 0.2) is 0 Å². The van der Waals surface area contributed by atoms with Crippen molar-refractivity contribution in [3.05, 3.63) is 23.8 Å². The topological polar surface area (TPSA) is 18.5 Å². The minimum absolute atomic E-state index is 0.674. The van der Waals surface area contributed by atoms with Gasteiger partial charge in [0.05, 0.1) is 14.2 Å². The Hall–Kier alpha value is -0.830. The molecular weight excluding hydrogens is 172 g/mol. The zero-order valence-electron chi connectivity index (χ0n) is 7.20. The van der Waals surface area contributed by atoms with Gasteiger partial charge in [0.25, 0.3) is 0 Å². The van der Waals surface area contributed by atoms with Crippen LogP contribution >= 0.6 is 12.6 Å². The minimum Gasteiger partial charge on any atom is -0.497 e. The summed E-state index contributed by atoms with van der Waals surface area (Å²) in [4.78, 5) is 0. The van der Waals surface area contributed by atoms with E-state index in [1.807, 2.05) is 18.2 Å². The predicted octanol–water partition coefficient (Wildman–Crippen LogP) is 2.13. The normalized spacial score (nSPS) is 9.58. The molecule has 1 aromatic carbocycles. The van der Waals surface area contributed by atoms with Crippen molar-refractivity contribution in [2.45, 2.75) is 5.75 Å². The van der Waals surface area contributed by atoms with Gasteiger partial charge in [0, 0.05) is 17.4 Å². The highest BCUT2D eigenvalue weighted by atomic mass is 32.1. The van der Waals surface area contributed by atoms with E-state index in [4.69, 9.17) is 9.47 Å². The van der Waals surface area contributed by atoms with Crippen molar-refractivity contribution < 1.29 is 9.47 Å². The van der Waals surface area contributed by atoms with Gasteiger partial charge >= 0.3 is 0 Å². The van der Waals surface area contributed by atoms with Crippen molar-refractivity contribution in [3.63, 3.8) is 0 Å². The average Bonchev–Trinajstić information content (AvgIpc) is 2.16. The zero-order chi connectivity index (χ0) is 8.97. The van der Waals surface area contributed by atoms with E-state index in [1.165, 1.54) is 0 Å². The maximum absolute atomic E-state index is 5.15. The molecule has 3 heteroatoms. The van der Waals surface area contributed by atoms with E-state index in [9.17, 15) is 0 Å². The van der Waals surface area contributed by atoms with Gasteiger partial charge in [0.1, 0.15) is 11.5 Å². The fourth-order valence-corrected chi connectivity index (χ4v) is 1.24. The Morgan fingerprint density at radius 1 is 1.25 bits per heavy atom. The SMILES string of the molecule is COc1ccc(CS)c(OC)c1. The number of benzene rings is 1. The lowest BCUT2D eigenvalue weighted by atomic mass is 10.2. The van der Waals surface area contributed by atoms with Crippen LogP contribution in [0, 0.1) is 0 Å². The molecule has 0 heterocycles. The molecule has 2 nitrogen and oxygen atoms in total. The van der Waals surface area contributed by atoms with Crippen LogP contribution in [-0.4, -0.2) is 14.2 Å². The van der Waals surface area contributed by atoms with Crippen molar-refractivity contribution >= 4 is 12.6 Å². The fraction of sp³-hybridized carbons (Fsp3) is 0.333. The van der Waals surface area contributed by atoms with Crippen LogP contribution in [0.2, 0.25) is 0 Å². The monoisotopic (exact) mass is 184 g/mol. The number of rotatable bonds is 3. The Morgan fingerprint density at radius 2 is 2.00 bits per heavy atom. The second-order valence-corrected chi connectivity index (χ2v) is 2.65. The van der Waals surface area contributed by atoms with Gasteiger partial charge in [-0.05, 0) is 6.07 Å². The first-order valence-electron chi connectivity index (χ1n) is 3.63. The molecule has 0 amide bonds. The van der Waals surface area contributed by atoms with Gasteiger partial charge in [-0.3, -0.25) is 0 Å². The lowest BCUT2D eigenvalue weighted by molar-refractivity contribution is 0.392. The first-order chi connectivity index (χ1) is 5.81. The summed E-state index contributed by atoms with van der Waals surface area (Å²) >= 11 is 4.18. The summed E-state index contributed by atoms with van der Waals surface area (Å²) < 4.78 is 10.2. The molecule has 0 aromatic heterocycles. The molecule has 0 atom stereocenters. The molecule has 0 spiro atoms. The molecule has 0 aliphatic carbocycles. The van der Waals surface area contributed by atoms with Crippen LogP contribution in [0.4, 0.5) is 0 Å². The summed E-state index contributed by atoms with van der Waals surface area (Å²) in [6, 6.07) is 5.70. The molecule has 0 aliphatic rings. The van der Waals surface area contributed by atoms with E-state index < -0.39 is 0 Å². The summed E-state index contributed by atoms with van der Waals surface area (Å²) in [6.07, 6.45) is 0. The first-order valence-corrected chi connectivity index (χ1v) is 4.27. The number of ether oxygens (including phenoxy) is 2. The number of methoxy groups -OCH3 is 2. The summed E-state index contributed by atoms with van der Waals surface area (Å²) in [7, 11) is 3.27. The largest absolute Gasteiger partial charge is 0.497 e. The van der Waals surface area contributed by atoms with Gasteiger partial charge < -0.3 is 9.47 Å². The Morgan fingerprint density at radius 3 is 2.50 bits per heavy atom. The molecule has 66 valence electrons. The molecular formula is C9H12O2S. The number of hydrogen-bond donors (Lipinski definition) is 1. The Labute approximate surface area is 77.9 Å². The standard InChI is InChI=1S/C9H12O2S/c1-10-8-4-3-7(6-12)9(5-8)11-2/h3-5,12H,6H2,1-2H3. The average molecular weight is 184 g/mol. The van der Waals surface area contributed by atoms with Crippen LogP contribution in [0.1, 0.15) is 5.56 Å². The molecule has 0 bridgehead atoms. The molecule has 0 fully saturated rings. The molecule has 0 N–H and O–H groups in total. The lowest BCUT2D eigenvalue weighted by Gasteiger charge is -2.07. The summed E-state index contributed by atoms with van der Waals surface area (Å²) in [6.45, 7) is 0. The van der Waals surface area contributed by atoms with Crippen molar-refractivity contribution in [3.8, 4) is 11.5 Å². The van der Waals surface area contributed by atoms with Gasteiger partial charge in [-0.2, -0.15) is 12.6 Å². The second-order valence-electron chi connectivity index (χ2n) is 2.34. The van der Waals surface area contributed by atoms with Crippen LogP contribution in [0.3, 0.4) is 0 Å². The molecule has 0 saturated heterocycles. The highest BCUT2D eigenvalue weighted by Gasteiger charge is 2.01. The van der Waals surface area contributed by atoms with Crippen LogP contribution in [0.5, 0.6) is 11.5 Å². The third kappa shape index (κ3) is 1.85. The van der Waals surface area contributed by atoms with E-state index in [2.05, 4.69) is 12.6 Å². The summed E-state index contributed by atoms with van der Waals surface area (Å²) in [5.41, 5.74) is 1.07. The van der Waals surface area contributed by atoms with Crippen molar-refractivity contribution in [1.29, 1.82) is 0 Å². The molecule has 0 saturated carbocycles. The van der Waals surface area contributed by atoms with E-state index in [0.29, 0.717) is 5.75 Å². The molecule has 1 rings (SSSR count).